The molecule has 22 heteroatoms. The number of aryl methyl sites for hydroxylation is 3. The lowest BCUT2D eigenvalue weighted by Gasteiger charge is -2.20. The third kappa shape index (κ3) is 16.4. The van der Waals surface area contributed by atoms with E-state index in [4.69, 9.17) is 9.84 Å². The number of methoxy groups -OCH3 is 2. The summed E-state index contributed by atoms with van der Waals surface area (Å²) in [7, 11) is 2.70. The number of aromatic nitrogens is 6. The van der Waals surface area contributed by atoms with Crippen LogP contribution in [-0.4, -0.2) is 104 Å². The van der Waals surface area contributed by atoms with Gasteiger partial charge in [0.05, 0.1) is 85.8 Å². The van der Waals surface area contributed by atoms with Gasteiger partial charge in [0.15, 0.2) is 0 Å². The standard InChI is InChI=1S/C24H26N4O3.C23H24N4O3.C17H20N4O3.C7H7Br/c1-16(19-9-11-20(12-10-19)24(30)31-3)25-22(29)21-17(2)26-28-14-13-27(23(21)28)15-18-7-5-4-6-8-18;1-15(18-8-10-19(11-9-18)23(29)30)24-21(28)20-16(2)25-27-13-12-26(22(20)27)14-17-6-4-3-5-7-17;1-10(12-4-6-13(7-5-12)17(23)24-3)19-16(22)14-11(2)20-21-9-8-18-15(14)21;8-6-7-4-2-1-3-5-7/h4-12,16H,13-15H2,1-3H3,(H,25,29);3-11,15H,12-14H2,1-2H3,(H,24,28)(H,29,30);4-7,10,18H,8-9H2,1-3H3,(H,19,22);1-5H,6H2/t16-;15-;10-;/m000./s1. The van der Waals surface area contributed by atoms with Crippen molar-refractivity contribution in [3.8, 4) is 0 Å². The van der Waals surface area contributed by atoms with Gasteiger partial charge in [-0.15, -0.1) is 0 Å². The minimum atomic E-state index is -0.970. The van der Waals surface area contributed by atoms with Crippen LogP contribution in [0.15, 0.2) is 164 Å². The Balaban J connectivity index is 0.000000156. The molecule has 3 aromatic heterocycles. The van der Waals surface area contributed by atoms with Crippen LogP contribution in [0.1, 0.15) is 152 Å². The average Bonchev–Trinajstić information content (AvgIpc) is 1.65. The zero-order chi connectivity index (χ0) is 66.3. The highest BCUT2D eigenvalue weighted by molar-refractivity contribution is 9.08. The quantitative estimate of drug-likeness (QED) is 0.0420. The van der Waals surface area contributed by atoms with Crippen LogP contribution in [0.25, 0.3) is 0 Å². The zero-order valence-electron chi connectivity index (χ0n) is 53.4. The van der Waals surface area contributed by atoms with E-state index < -0.39 is 5.97 Å². The molecule has 0 saturated heterocycles. The molecule has 21 nitrogen and oxygen atoms in total. The van der Waals surface area contributed by atoms with Crippen LogP contribution in [0.5, 0.6) is 0 Å². The lowest BCUT2D eigenvalue weighted by molar-refractivity contribution is 0.0592. The molecule has 3 atom stereocenters. The number of anilines is 3. The number of hydrogen-bond donors (Lipinski definition) is 5. The molecule has 0 aliphatic carbocycles. The molecule has 0 unspecified atom stereocenters. The number of nitrogens with one attached hydrogen (secondary N) is 4. The van der Waals surface area contributed by atoms with Gasteiger partial charge in [0.1, 0.15) is 34.1 Å². The fourth-order valence-corrected chi connectivity index (χ4v) is 11.6. The molecular formula is C71H77BrN12O9. The summed E-state index contributed by atoms with van der Waals surface area (Å²) < 4.78 is 15.1. The van der Waals surface area contributed by atoms with Crippen LogP contribution in [0.3, 0.4) is 0 Å². The smallest absolute Gasteiger partial charge is 0.337 e. The van der Waals surface area contributed by atoms with Crippen molar-refractivity contribution < 1.29 is 43.3 Å². The summed E-state index contributed by atoms with van der Waals surface area (Å²) in [6.45, 7) is 17.4. The lowest BCUT2D eigenvalue weighted by Crippen LogP contribution is -2.29. The van der Waals surface area contributed by atoms with Crippen LogP contribution in [0.2, 0.25) is 0 Å². The molecule has 6 heterocycles. The highest BCUT2D eigenvalue weighted by atomic mass is 79.9. The number of fused-ring (bicyclic) bond motifs is 3. The third-order valence-electron chi connectivity index (χ3n) is 16.2. The Bertz CT molecular complexity index is 4060. The molecule has 3 aliphatic rings. The Labute approximate surface area is 549 Å². The van der Waals surface area contributed by atoms with Crippen molar-refractivity contribution in [3.05, 3.63) is 248 Å². The second kappa shape index (κ2) is 31.1. The van der Waals surface area contributed by atoms with Crippen molar-refractivity contribution in [2.75, 3.05) is 49.0 Å². The number of carboxylic acids is 1. The van der Waals surface area contributed by atoms with Crippen molar-refractivity contribution in [1.82, 2.24) is 45.3 Å². The molecule has 0 radical (unpaired) electrons. The van der Waals surface area contributed by atoms with Crippen molar-refractivity contribution in [2.24, 2.45) is 0 Å². The van der Waals surface area contributed by atoms with Gasteiger partial charge in [0, 0.05) is 38.1 Å². The molecule has 9 aromatic rings. The van der Waals surface area contributed by atoms with E-state index in [1.807, 2.05) is 134 Å². The van der Waals surface area contributed by atoms with Gasteiger partial charge in [-0.05, 0) is 111 Å². The van der Waals surface area contributed by atoms with Gasteiger partial charge in [-0.3, -0.25) is 14.4 Å². The molecule has 5 N–H and O–H groups in total. The summed E-state index contributed by atoms with van der Waals surface area (Å²) in [5, 5.41) is 35.8. The summed E-state index contributed by atoms with van der Waals surface area (Å²) in [5.41, 5.74) is 11.5. The summed E-state index contributed by atoms with van der Waals surface area (Å²) in [6.07, 6.45) is 0. The largest absolute Gasteiger partial charge is 0.478 e. The summed E-state index contributed by atoms with van der Waals surface area (Å²) in [5.74, 6) is 0.276. The molecule has 3 aliphatic heterocycles. The van der Waals surface area contributed by atoms with Gasteiger partial charge in [-0.2, -0.15) is 15.3 Å². The molecular weight excluding hydrogens is 1240 g/mol. The summed E-state index contributed by atoms with van der Waals surface area (Å²) in [4.78, 5) is 77.5. The lowest BCUT2D eigenvalue weighted by atomic mass is 10.1. The van der Waals surface area contributed by atoms with Crippen molar-refractivity contribution in [3.63, 3.8) is 0 Å². The van der Waals surface area contributed by atoms with Gasteiger partial charge in [0.2, 0.25) is 0 Å². The number of ether oxygens (including phenoxy) is 2. The van der Waals surface area contributed by atoms with Crippen molar-refractivity contribution in [2.45, 2.75) is 97.7 Å². The molecule has 0 fully saturated rings. The maximum absolute atomic E-state index is 13.2. The fourth-order valence-electron chi connectivity index (χ4n) is 11.2. The van der Waals surface area contributed by atoms with Gasteiger partial charge < -0.3 is 45.6 Å². The molecule has 6 aromatic carbocycles. The van der Waals surface area contributed by atoms with E-state index in [1.54, 1.807) is 48.5 Å². The van der Waals surface area contributed by atoms with E-state index in [9.17, 15) is 28.8 Å². The first-order valence-electron chi connectivity index (χ1n) is 30.6. The van der Waals surface area contributed by atoms with E-state index in [2.05, 4.69) is 103 Å². The molecule has 0 bridgehead atoms. The van der Waals surface area contributed by atoms with E-state index in [0.29, 0.717) is 39.2 Å². The number of aromatic carboxylic acids is 1. The normalized spacial score (nSPS) is 13.3. The number of carbonyl (C=O) groups is 6. The Morgan fingerprint density at radius 1 is 0.473 bits per heavy atom. The van der Waals surface area contributed by atoms with Crippen molar-refractivity contribution in [1.29, 1.82) is 0 Å². The molecule has 12 rings (SSSR count). The predicted octanol–water partition coefficient (Wildman–Crippen LogP) is 11.4. The highest BCUT2D eigenvalue weighted by Gasteiger charge is 2.33. The number of carbonyl (C=O) groups excluding carboxylic acids is 5. The van der Waals surface area contributed by atoms with E-state index in [-0.39, 0.29) is 53.3 Å². The number of halogens is 1. The molecule has 482 valence electrons. The predicted molar refractivity (Wildman–Crippen MR) is 360 cm³/mol. The number of benzene rings is 6. The minimum Gasteiger partial charge on any atom is -0.478 e. The molecule has 0 saturated carbocycles. The first-order chi connectivity index (χ1) is 44.8. The summed E-state index contributed by atoms with van der Waals surface area (Å²) in [6, 6.07) is 50.6. The number of alkyl halides is 1. The molecule has 0 spiro atoms. The van der Waals surface area contributed by atoms with Crippen LogP contribution in [-0.2, 0) is 47.5 Å². The topological polar surface area (TPSA) is 249 Å². The average molecular weight is 1320 g/mol. The first kappa shape index (κ1) is 67.1. The van der Waals surface area contributed by atoms with Crippen LogP contribution in [0.4, 0.5) is 17.5 Å². The second-order valence-electron chi connectivity index (χ2n) is 22.6. The number of hydrogen-bond acceptors (Lipinski definition) is 14. The fraction of sp³-hybridized carbons (Fsp3) is 0.282. The molecule has 3 amide bonds. The van der Waals surface area contributed by atoms with E-state index >= 15 is 0 Å². The number of amides is 3. The Morgan fingerprint density at radius 3 is 1.17 bits per heavy atom. The highest BCUT2D eigenvalue weighted by Crippen LogP contribution is 2.33. The van der Waals surface area contributed by atoms with Gasteiger partial charge >= 0.3 is 17.9 Å². The van der Waals surface area contributed by atoms with E-state index in [1.165, 1.54) is 30.9 Å². The van der Waals surface area contributed by atoms with Crippen molar-refractivity contribution >= 4 is 69.0 Å². The third-order valence-corrected chi connectivity index (χ3v) is 16.8. The second-order valence-corrected chi connectivity index (χ2v) is 23.2. The van der Waals surface area contributed by atoms with Gasteiger partial charge in [-0.25, -0.2) is 28.4 Å². The van der Waals surface area contributed by atoms with Gasteiger partial charge in [-0.1, -0.05) is 143 Å². The number of nitrogens with zero attached hydrogens (tertiary/aromatic N) is 8. The van der Waals surface area contributed by atoms with Crippen LogP contribution < -0.4 is 31.1 Å². The number of carboxylic acid groups (broad SMARTS) is 1. The zero-order valence-corrected chi connectivity index (χ0v) is 54.9. The Kier molecular flexibility index (Phi) is 22.4. The number of rotatable bonds is 17. The monoisotopic (exact) mass is 1320 g/mol. The Morgan fingerprint density at radius 2 is 0.817 bits per heavy atom. The van der Waals surface area contributed by atoms with Crippen LogP contribution in [0, 0.1) is 20.8 Å². The number of esters is 2. The Hall–Kier alpha value is -10.4. The van der Waals surface area contributed by atoms with E-state index in [0.717, 1.165) is 97.5 Å². The van der Waals surface area contributed by atoms with Crippen LogP contribution >= 0.6 is 15.9 Å². The van der Waals surface area contributed by atoms with Gasteiger partial charge in [0.25, 0.3) is 17.7 Å². The SMILES string of the molecule is BrCc1ccccc1.COC(=O)c1ccc([C@H](C)NC(=O)c2c(C)nn3c2N(Cc2ccccc2)CC3)cc1.COC(=O)c1ccc([C@H](C)NC(=O)c2c(C)nn3c2NCC3)cc1.Cc1nn2c(c1C(=O)N[C@@H](C)c1ccc(C(=O)O)cc1)N(Cc1ccccc1)CC2. The minimum absolute atomic E-state index is 0.150. The summed E-state index contributed by atoms with van der Waals surface area (Å²) >= 11 is 3.36. The maximum Gasteiger partial charge on any atom is 0.337 e. The first-order valence-corrected chi connectivity index (χ1v) is 31.7. The maximum atomic E-state index is 13.2. The molecule has 93 heavy (non-hydrogen) atoms.